The van der Waals surface area contributed by atoms with Crippen molar-refractivity contribution >= 4 is 17.3 Å². The van der Waals surface area contributed by atoms with E-state index in [1.807, 2.05) is 0 Å². The van der Waals surface area contributed by atoms with Crippen LogP contribution in [0.5, 0.6) is 0 Å². The molecule has 0 unspecified atom stereocenters. The van der Waals surface area contributed by atoms with E-state index in [0.717, 1.165) is 0 Å². The van der Waals surface area contributed by atoms with Gasteiger partial charge in [0.15, 0.2) is 0 Å². The topological polar surface area (TPSA) is 86.7 Å². The monoisotopic (exact) mass is 281 g/mol. The maximum absolute atomic E-state index is 11.0. The third kappa shape index (κ3) is 2.70. The molecule has 0 amide bonds. The standard InChI is InChI=1S/C11H12ClN5O2/c1-7-4-13-10(8(2)11(7)17(18)19)6-16-5-9(3-12)14-15-16/h4-5H,3,6H2,1-2H3. The van der Waals surface area contributed by atoms with Crippen molar-refractivity contribution in [1.29, 1.82) is 0 Å². The van der Waals surface area contributed by atoms with Crippen LogP contribution in [0.3, 0.4) is 0 Å². The van der Waals surface area contributed by atoms with Crippen molar-refractivity contribution in [3.63, 3.8) is 0 Å². The number of aryl methyl sites for hydroxylation is 1. The van der Waals surface area contributed by atoms with E-state index in [1.165, 1.54) is 6.20 Å². The highest BCUT2D eigenvalue weighted by atomic mass is 35.5. The van der Waals surface area contributed by atoms with Gasteiger partial charge in [0.2, 0.25) is 0 Å². The quantitative estimate of drug-likeness (QED) is 0.486. The Bertz CT molecular complexity index is 626. The average molecular weight is 282 g/mol. The Labute approximate surface area is 114 Å². The van der Waals surface area contributed by atoms with Gasteiger partial charge in [-0.2, -0.15) is 0 Å². The zero-order valence-electron chi connectivity index (χ0n) is 10.5. The lowest BCUT2D eigenvalue weighted by Gasteiger charge is -2.07. The summed E-state index contributed by atoms with van der Waals surface area (Å²) in [6.07, 6.45) is 3.19. The van der Waals surface area contributed by atoms with Crippen LogP contribution < -0.4 is 0 Å². The van der Waals surface area contributed by atoms with E-state index in [9.17, 15) is 10.1 Å². The van der Waals surface area contributed by atoms with Gasteiger partial charge in [-0.3, -0.25) is 15.1 Å². The number of halogens is 1. The number of nitro groups is 1. The van der Waals surface area contributed by atoms with Gasteiger partial charge in [0.25, 0.3) is 5.69 Å². The highest BCUT2D eigenvalue weighted by molar-refractivity contribution is 6.16. The minimum Gasteiger partial charge on any atom is -0.258 e. The van der Waals surface area contributed by atoms with E-state index in [1.54, 1.807) is 24.7 Å². The summed E-state index contributed by atoms with van der Waals surface area (Å²) in [4.78, 5) is 14.9. The first-order chi connectivity index (χ1) is 9.02. The van der Waals surface area contributed by atoms with Crippen LogP contribution in [0.4, 0.5) is 5.69 Å². The van der Waals surface area contributed by atoms with Gasteiger partial charge >= 0.3 is 0 Å². The molecule has 0 saturated carbocycles. The first-order valence-corrected chi connectivity index (χ1v) is 6.10. The van der Waals surface area contributed by atoms with E-state index in [2.05, 4.69) is 15.3 Å². The maximum atomic E-state index is 11.0. The van der Waals surface area contributed by atoms with Gasteiger partial charge in [-0.25, -0.2) is 4.68 Å². The zero-order valence-corrected chi connectivity index (χ0v) is 11.3. The largest absolute Gasteiger partial charge is 0.278 e. The molecule has 0 aliphatic heterocycles. The van der Waals surface area contributed by atoms with Crippen molar-refractivity contribution in [2.24, 2.45) is 0 Å². The molecule has 100 valence electrons. The van der Waals surface area contributed by atoms with Crippen LogP contribution in [0.2, 0.25) is 0 Å². The second-order valence-corrected chi connectivity index (χ2v) is 4.43. The van der Waals surface area contributed by atoms with Crippen LogP contribution in [-0.4, -0.2) is 24.9 Å². The Balaban J connectivity index is 2.35. The van der Waals surface area contributed by atoms with Crippen molar-refractivity contribution < 1.29 is 4.92 Å². The molecule has 0 N–H and O–H groups in total. The number of rotatable bonds is 4. The van der Waals surface area contributed by atoms with Gasteiger partial charge in [0, 0.05) is 11.8 Å². The first kappa shape index (κ1) is 13.4. The summed E-state index contributed by atoms with van der Waals surface area (Å²) in [5.74, 6) is 0.278. The predicted octanol–water partition coefficient (Wildman–Crippen LogP) is 1.99. The predicted molar refractivity (Wildman–Crippen MR) is 69.0 cm³/mol. The fourth-order valence-electron chi connectivity index (χ4n) is 1.84. The third-order valence-electron chi connectivity index (χ3n) is 2.79. The van der Waals surface area contributed by atoms with Gasteiger partial charge < -0.3 is 0 Å². The molecule has 19 heavy (non-hydrogen) atoms. The Morgan fingerprint density at radius 1 is 1.47 bits per heavy atom. The van der Waals surface area contributed by atoms with E-state index in [4.69, 9.17) is 11.6 Å². The fourth-order valence-corrected chi connectivity index (χ4v) is 1.96. The van der Waals surface area contributed by atoms with E-state index < -0.39 is 0 Å². The summed E-state index contributed by atoms with van der Waals surface area (Å²) >= 11 is 5.64. The van der Waals surface area contributed by atoms with Crippen molar-refractivity contribution in [3.05, 3.63) is 45.0 Å². The molecule has 0 atom stereocenters. The Hall–Kier alpha value is -2.02. The van der Waals surface area contributed by atoms with Crippen LogP contribution in [0.15, 0.2) is 12.4 Å². The zero-order chi connectivity index (χ0) is 14.0. The SMILES string of the molecule is Cc1cnc(Cn2cc(CCl)nn2)c(C)c1[N+](=O)[O-]. The summed E-state index contributed by atoms with van der Waals surface area (Å²) in [5.41, 5.74) is 2.45. The summed E-state index contributed by atoms with van der Waals surface area (Å²) < 4.78 is 1.56. The lowest BCUT2D eigenvalue weighted by Crippen LogP contribution is -2.07. The van der Waals surface area contributed by atoms with Crippen LogP contribution in [0.1, 0.15) is 22.5 Å². The van der Waals surface area contributed by atoms with Crippen molar-refractivity contribution in [2.45, 2.75) is 26.3 Å². The van der Waals surface area contributed by atoms with Gasteiger partial charge in [0.05, 0.1) is 40.5 Å². The molecule has 8 heteroatoms. The highest BCUT2D eigenvalue weighted by Crippen LogP contribution is 2.24. The molecule has 7 nitrogen and oxygen atoms in total. The van der Waals surface area contributed by atoms with Gasteiger partial charge in [-0.15, -0.1) is 16.7 Å². The number of alkyl halides is 1. The minimum absolute atomic E-state index is 0.0997. The summed E-state index contributed by atoms with van der Waals surface area (Å²) in [6, 6.07) is 0. The normalized spacial score (nSPS) is 10.7. The van der Waals surface area contributed by atoms with Crippen LogP contribution in [0, 0.1) is 24.0 Å². The Kier molecular flexibility index (Phi) is 3.75. The number of hydrogen-bond donors (Lipinski definition) is 0. The van der Waals surface area contributed by atoms with Gasteiger partial charge in [-0.05, 0) is 13.8 Å². The maximum Gasteiger partial charge on any atom is 0.278 e. The first-order valence-electron chi connectivity index (χ1n) is 5.57. The molecule has 0 aliphatic rings. The highest BCUT2D eigenvalue weighted by Gasteiger charge is 2.19. The molecular formula is C11H12ClN5O2. The smallest absolute Gasteiger partial charge is 0.258 e. The Morgan fingerprint density at radius 3 is 2.79 bits per heavy atom. The molecule has 0 aliphatic carbocycles. The van der Waals surface area contributed by atoms with E-state index >= 15 is 0 Å². The van der Waals surface area contributed by atoms with Crippen LogP contribution >= 0.6 is 11.6 Å². The fraction of sp³-hybridized carbons (Fsp3) is 0.364. The molecule has 0 saturated heterocycles. The van der Waals surface area contributed by atoms with Crippen LogP contribution in [0.25, 0.3) is 0 Å². The van der Waals surface area contributed by atoms with Crippen molar-refractivity contribution in [3.8, 4) is 0 Å². The van der Waals surface area contributed by atoms with E-state index in [-0.39, 0.29) is 16.5 Å². The molecule has 0 aromatic carbocycles. The molecule has 2 heterocycles. The molecule has 0 radical (unpaired) electrons. The molecule has 0 spiro atoms. The molecule has 2 rings (SSSR count). The molecule has 2 aromatic heterocycles. The molecular weight excluding hydrogens is 270 g/mol. The lowest BCUT2D eigenvalue weighted by atomic mass is 10.1. The number of pyridine rings is 1. The van der Waals surface area contributed by atoms with Crippen molar-refractivity contribution in [2.75, 3.05) is 0 Å². The Morgan fingerprint density at radius 2 is 2.21 bits per heavy atom. The van der Waals surface area contributed by atoms with Gasteiger partial charge in [0.1, 0.15) is 0 Å². The summed E-state index contributed by atoms with van der Waals surface area (Å²) in [7, 11) is 0. The molecule has 2 aromatic rings. The molecule has 0 bridgehead atoms. The summed E-state index contributed by atoms with van der Waals surface area (Å²) in [6.45, 7) is 3.69. The molecule has 0 fully saturated rings. The second kappa shape index (κ2) is 5.31. The van der Waals surface area contributed by atoms with Crippen LogP contribution in [-0.2, 0) is 12.4 Å². The van der Waals surface area contributed by atoms with Gasteiger partial charge in [-0.1, -0.05) is 5.21 Å². The number of aromatic nitrogens is 4. The lowest BCUT2D eigenvalue weighted by molar-refractivity contribution is -0.386. The minimum atomic E-state index is -0.388. The summed E-state index contributed by atoms with van der Waals surface area (Å²) in [5, 5.41) is 18.8. The number of hydrogen-bond acceptors (Lipinski definition) is 5. The van der Waals surface area contributed by atoms with E-state index in [0.29, 0.717) is 29.1 Å². The van der Waals surface area contributed by atoms with Crippen molar-refractivity contribution in [1.82, 2.24) is 20.0 Å². The average Bonchev–Trinajstić information content (AvgIpc) is 2.80. The second-order valence-electron chi connectivity index (χ2n) is 4.16. The third-order valence-corrected chi connectivity index (χ3v) is 3.07. The number of nitrogens with zero attached hydrogens (tertiary/aromatic N) is 5.